The van der Waals surface area contributed by atoms with Crippen LogP contribution in [0.2, 0.25) is 0 Å². The highest BCUT2D eigenvalue weighted by Crippen LogP contribution is 2.27. The van der Waals surface area contributed by atoms with E-state index >= 15 is 0 Å². The van der Waals surface area contributed by atoms with Crippen molar-refractivity contribution in [3.05, 3.63) is 4.88 Å². The molecule has 0 atom stereocenters. The quantitative estimate of drug-likeness (QED) is 0.875. The predicted molar refractivity (Wildman–Crippen MR) is 84.4 cm³/mol. The number of thiazole rings is 1. The Morgan fingerprint density at radius 1 is 1.45 bits per heavy atom. The Balaban J connectivity index is 1.93. The average molecular weight is 296 g/mol. The molecule has 1 amide bonds. The SMILES string of the molecule is CCN(C)c1nc(N)c(C(=O)NCC2CCCCC2)s1. The Bertz CT molecular complexity index is 454. The van der Waals surface area contributed by atoms with Gasteiger partial charge in [0.2, 0.25) is 0 Å². The molecule has 0 saturated heterocycles. The summed E-state index contributed by atoms with van der Waals surface area (Å²) < 4.78 is 0. The van der Waals surface area contributed by atoms with E-state index in [-0.39, 0.29) is 5.91 Å². The molecule has 1 heterocycles. The number of nitrogens with two attached hydrogens (primary N) is 1. The highest BCUT2D eigenvalue weighted by atomic mass is 32.1. The highest BCUT2D eigenvalue weighted by Gasteiger charge is 2.19. The molecule has 1 aliphatic rings. The van der Waals surface area contributed by atoms with Gasteiger partial charge in [0.05, 0.1) is 0 Å². The van der Waals surface area contributed by atoms with Gasteiger partial charge in [0.25, 0.3) is 5.91 Å². The van der Waals surface area contributed by atoms with Crippen molar-refractivity contribution < 1.29 is 4.79 Å². The second-order valence-corrected chi connectivity index (χ2v) is 6.42. The Kier molecular flexibility index (Phi) is 5.23. The minimum absolute atomic E-state index is 0.0821. The molecule has 0 radical (unpaired) electrons. The molecule has 0 aromatic carbocycles. The van der Waals surface area contributed by atoms with Crippen molar-refractivity contribution in [2.75, 3.05) is 30.8 Å². The summed E-state index contributed by atoms with van der Waals surface area (Å²) in [4.78, 5) is 19.0. The molecule has 1 aromatic heterocycles. The maximum Gasteiger partial charge on any atom is 0.265 e. The van der Waals surface area contributed by atoms with Crippen LogP contribution in [-0.4, -0.2) is 31.0 Å². The molecule has 1 aliphatic carbocycles. The Hall–Kier alpha value is -1.30. The normalized spacial score (nSPS) is 16.1. The second-order valence-electron chi connectivity index (χ2n) is 5.44. The van der Waals surface area contributed by atoms with Gasteiger partial charge < -0.3 is 16.0 Å². The van der Waals surface area contributed by atoms with Crippen molar-refractivity contribution in [3.63, 3.8) is 0 Å². The van der Waals surface area contributed by atoms with Gasteiger partial charge in [-0.1, -0.05) is 30.6 Å². The van der Waals surface area contributed by atoms with E-state index in [1.807, 2.05) is 18.9 Å². The standard InChI is InChI=1S/C14H24N4OS/c1-3-18(2)14-17-12(15)11(20-14)13(19)16-9-10-7-5-4-6-8-10/h10H,3-9,15H2,1-2H3,(H,16,19). The number of carbonyl (C=O) groups is 1. The van der Waals surface area contributed by atoms with Gasteiger partial charge in [-0.25, -0.2) is 4.98 Å². The molecule has 0 bridgehead atoms. The number of rotatable bonds is 5. The van der Waals surface area contributed by atoms with Gasteiger partial charge in [-0.2, -0.15) is 0 Å². The van der Waals surface area contributed by atoms with E-state index in [4.69, 9.17) is 5.73 Å². The molecule has 0 aliphatic heterocycles. The summed E-state index contributed by atoms with van der Waals surface area (Å²) in [5.41, 5.74) is 5.86. The summed E-state index contributed by atoms with van der Waals surface area (Å²) in [5.74, 6) is 0.882. The van der Waals surface area contributed by atoms with Crippen LogP contribution in [0.1, 0.15) is 48.7 Å². The minimum atomic E-state index is -0.0821. The lowest BCUT2D eigenvalue weighted by atomic mass is 9.89. The van der Waals surface area contributed by atoms with Crippen LogP contribution in [0.15, 0.2) is 0 Å². The van der Waals surface area contributed by atoms with Crippen molar-refractivity contribution in [1.82, 2.24) is 10.3 Å². The number of carbonyl (C=O) groups excluding carboxylic acids is 1. The van der Waals surface area contributed by atoms with Crippen LogP contribution < -0.4 is 16.0 Å². The van der Waals surface area contributed by atoms with Crippen LogP contribution in [0.4, 0.5) is 10.9 Å². The van der Waals surface area contributed by atoms with E-state index in [1.54, 1.807) is 0 Å². The fourth-order valence-corrected chi connectivity index (χ4v) is 3.42. The van der Waals surface area contributed by atoms with Crippen molar-refractivity contribution >= 4 is 28.2 Å². The lowest BCUT2D eigenvalue weighted by Crippen LogP contribution is -2.30. The van der Waals surface area contributed by atoms with Gasteiger partial charge in [-0.3, -0.25) is 4.79 Å². The van der Waals surface area contributed by atoms with Crippen molar-refractivity contribution in [3.8, 4) is 0 Å². The molecule has 1 saturated carbocycles. The zero-order chi connectivity index (χ0) is 14.5. The molecule has 3 N–H and O–H groups in total. The van der Waals surface area contributed by atoms with Gasteiger partial charge >= 0.3 is 0 Å². The van der Waals surface area contributed by atoms with Gasteiger partial charge in [-0.15, -0.1) is 0 Å². The summed E-state index contributed by atoms with van der Waals surface area (Å²) in [6.07, 6.45) is 6.35. The first-order chi connectivity index (χ1) is 9.61. The third-order valence-corrected chi connectivity index (χ3v) is 5.11. The maximum atomic E-state index is 12.2. The van der Waals surface area contributed by atoms with E-state index in [2.05, 4.69) is 10.3 Å². The van der Waals surface area contributed by atoms with Crippen molar-refractivity contribution in [1.29, 1.82) is 0 Å². The third kappa shape index (κ3) is 3.62. The highest BCUT2D eigenvalue weighted by molar-refractivity contribution is 7.18. The number of aromatic nitrogens is 1. The summed E-state index contributed by atoms with van der Waals surface area (Å²) in [6, 6.07) is 0. The van der Waals surface area contributed by atoms with Crippen LogP contribution >= 0.6 is 11.3 Å². The number of hydrogen-bond acceptors (Lipinski definition) is 5. The number of nitrogens with one attached hydrogen (secondary N) is 1. The molecular weight excluding hydrogens is 272 g/mol. The van der Waals surface area contributed by atoms with Gasteiger partial charge in [0.1, 0.15) is 10.7 Å². The molecule has 1 aromatic rings. The number of amides is 1. The van der Waals surface area contributed by atoms with Crippen LogP contribution in [-0.2, 0) is 0 Å². The Morgan fingerprint density at radius 2 is 2.15 bits per heavy atom. The molecule has 0 unspecified atom stereocenters. The first-order valence-electron chi connectivity index (χ1n) is 7.37. The number of nitrogens with zero attached hydrogens (tertiary/aromatic N) is 2. The smallest absolute Gasteiger partial charge is 0.265 e. The Labute approximate surface area is 124 Å². The first-order valence-corrected chi connectivity index (χ1v) is 8.19. The maximum absolute atomic E-state index is 12.2. The second kappa shape index (κ2) is 6.92. The summed E-state index contributed by atoms with van der Waals surface area (Å²) in [7, 11) is 1.95. The van der Waals surface area contributed by atoms with Crippen LogP contribution in [0.5, 0.6) is 0 Å². The van der Waals surface area contributed by atoms with E-state index in [0.29, 0.717) is 16.6 Å². The minimum Gasteiger partial charge on any atom is -0.382 e. The lowest BCUT2D eigenvalue weighted by Gasteiger charge is -2.21. The van der Waals surface area contributed by atoms with Crippen molar-refractivity contribution in [2.45, 2.75) is 39.0 Å². The summed E-state index contributed by atoms with van der Waals surface area (Å²) in [6.45, 7) is 3.64. The van der Waals surface area contributed by atoms with Gasteiger partial charge in [0.15, 0.2) is 5.13 Å². The monoisotopic (exact) mass is 296 g/mol. The fourth-order valence-electron chi connectivity index (χ4n) is 2.49. The molecule has 0 spiro atoms. The van der Waals surface area contributed by atoms with Crippen LogP contribution in [0, 0.1) is 5.92 Å². The van der Waals surface area contributed by atoms with Gasteiger partial charge in [-0.05, 0) is 25.7 Å². The largest absolute Gasteiger partial charge is 0.382 e. The molecule has 20 heavy (non-hydrogen) atoms. The molecule has 6 heteroatoms. The molecule has 5 nitrogen and oxygen atoms in total. The number of hydrogen-bond donors (Lipinski definition) is 2. The predicted octanol–water partition coefficient (Wildman–Crippen LogP) is 2.49. The molecule has 2 rings (SSSR count). The summed E-state index contributed by atoms with van der Waals surface area (Å²) in [5, 5.41) is 3.81. The topological polar surface area (TPSA) is 71.2 Å². The molecular formula is C14H24N4OS. The van der Waals surface area contributed by atoms with Crippen LogP contribution in [0.3, 0.4) is 0 Å². The van der Waals surface area contributed by atoms with E-state index < -0.39 is 0 Å². The Morgan fingerprint density at radius 3 is 2.80 bits per heavy atom. The van der Waals surface area contributed by atoms with Crippen LogP contribution in [0.25, 0.3) is 0 Å². The van der Waals surface area contributed by atoms with Crippen molar-refractivity contribution in [2.24, 2.45) is 5.92 Å². The zero-order valence-corrected chi connectivity index (χ0v) is 13.1. The first kappa shape index (κ1) is 15.1. The average Bonchev–Trinajstić information content (AvgIpc) is 2.87. The van der Waals surface area contributed by atoms with E-state index in [9.17, 15) is 4.79 Å². The van der Waals surface area contributed by atoms with E-state index in [1.165, 1.54) is 43.4 Å². The third-order valence-electron chi connectivity index (χ3n) is 3.93. The van der Waals surface area contributed by atoms with E-state index in [0.717, 1.165) is 18.2 Å². The number of nitrogen functional groups attached to an aromatic ring is 1. The lowest BCUT2D eigenvalue weighted by molar-refractivity contribution is 0.0948. The van der Waals surface area contributed by atoms with Gasteiger partial charge in [0, 0.05) is 20.1 Å². The fraction of sp³-hybridized carbons (Fsp3) is 0.714. The molecule has 1 fully saturated rings. The zero-order valence-electron chi connectivity index (χ0n) is 12.3. The number of anilines is 2. The summed E-state index contributed by atoms with van der Waals surface area (Å²) >= 11 is 1.36. The molecule has 112 valence electrons.